The van der Waals surface area contributed by atoms with Gasteiger partial charge in [0.2, 0.25) is 0 Å². The largest absolute Gasteiger partial charge is 0.369 e. The Bertz CT molecular complexity index is 661. The molecule has 1 N–H and O–H groups in total. The highest BCUT2D eigenvalue weighted by Gasteiger charge is 2.53. The van der Waals surface area contributed by atoms with Crippen molar-refractivity contribution in [2.75, 3.05) is 36.3 Å². The van der Waals surface area contributed by atoms with Crippen LogP contribution in [-0.4, -0.2) is 53.8 Å². The third-order valence-corrected chi connectivity index (χ3v) is 5.15. The minimum Gasteiger partial charge on any atom is -0.369 e. The lowest BCUT2D eigenvalue weighted by atomic mass is 9.96. The Hall–Kier alpha value is -1.46. The zero-order chi connectivity index (χ0) is 17.3. The van der Waals surface area contributed by atoms with Crippen LogP contribution in [0.15, 0.2) is 18.2 Å². The van der Waals surface area contributed by atoms with Gasteiger partial charge in [0.1, 0.15) is 5.54 Å². The van der Waals surface area contributed by atoms with E-state index in [1.165, 1.54) is 4.90 Å². The maximum atomic E-state index is 12.7. The summed E-state index contributed by atoms with van der Waals surface area (Å²) in [6.45, 7) is 3.65. The highest BCUT2D eigenvalue weighted by molar-refractivity contribution is 6.18. The van der Waals surface area contributed by atoms with Gasteiger partial charge >= 0.3 is 6.03 Å². The average Bonchev–Trinajstić information content (AvgIpc) is 3.03. The van der Waals surface area contributed by atoms with Crippen LogP contribution in [0.5, 0.6) is 0 Å². The van der Waals surface area contributed by atoms with Crippen molar-refractivity contribution in [1.82, 2.24) is 10.2 Å². The Balaban J connectivity index is 1.86. The van der Waals surface area contributed by atoms with E-state index in [2.05, 4.69) is 16.3 Å². The van der Waals surface area contributed by atoms with Gasteiger partial charge in [0.05, 0.1) is 0 Å². The summed E-state index contributed by atoms with van der Waals surface area (Å²) in [6.07, 6.45) is 1.08. The fourth-order valence-corrected chi connectivity index (χ4v) is 4.04. The van der Waals surface area contributed by atoms with Crippen LogP contribution in [0.25, 0.3) is 0 Å². The zero-order valence-electron chi connectivity index (χ0n) is 13.6. The van der Waals surface area contributed by atoms with Gasteiger partial charge in [-0.15, -0.1) is 23.2 Å². The Morgan fingerprint density at radius 2 is 1.83 bits per heavy atom. The number of likely N-dealkylation sites (N-methyl/N-ethyl adjacent to an activating group) is 1. The van der Waals surface area contributed by atoms with Crippen LogP contribution < -0.4 is 10.2 Å². The number of hydrogen-bond donors (Lipinski definition) is 1. The van der Waals surface area contributed by atoms with E-state index in [0.29, 0.717) is 31.1 Å². The van der Waals surface area contributed by atoms with E-state index >= 15 is 0 Å². The van der Waals surface area contributed by atoms with Gasteiger partial charge in [-0.25, -0.2) is 4.79 Å². The number of carbonyl (C=O) groups excluding carboxylic acids is 2. The predicted molar refractivity (Wildman–Crippen MR) is 96.2 cm³/mol. The van der Waals surface area contributed by atoms with Crippen molar-refractivity contribution in [2.24, 2.45) is 0 Å². The lowest BCUT2D eigenvalue weighted by molar-refractivity contribution is -0.130. The standard InChI is InChI=1S/C17H21Cl2N3O2/c1-2-22-15(23)17(20-16(22)24)10-12-3-4-14(9-13(12)11-17)21(7-5-18)8-6-19/h3-4,9H,2,5-8,10-11H2,1H3,(H,20,24). The van der Waals surface area contributed by atoms with Crippen LogP contribution in [0.4, 0.5) is 10.5 Å². The Morgan fingerprint density at radius 3 is 2.42 bits per heavy atom. The molecular formula is C17H21Cl2N3O2. The SMILES string of the molecule is CCN1C(=O)NC2(Cc3ccc(N(CCCl)CCCl)cc3C2)C1=O. The van der Waals surface area contributed by atoms with Gasteiger partial charge < -0.3 is 10.2 Å². The molecule has 3 rings (SSSR count). The molecule has 0 radical (unpaired) electrons. The van der Waals surface area contributed by atoms with Gasteiger partial charge in [0.15, 0.2) is 0 Å². The molecule has 0 saturated carbocycles. The fourth-order valence-electron chi connectivity index (χ4n) is 3.64. The van der Waals surface area contributed by atoms with Crippen LogP contribution in [-0.2, 0) is 17.6 Å². The highest BCUT2D eigenvalue weighted by atomic mass is 35.5. The van der Waals surface area contributed by atoms with Crippen molar-refractivity contribution in [1.29, 1.82) is 0 Å². The van der Waals surface area contributed by atoms with Gasteiger partial charge in [0.25, 0.3) is 5.91 Å². The summed E-state index contributed by atoms with van der Waals surface area (Å²) in [4.78, 5) is 28.1. The topological polar surface area (TPSA) is 52.7 Å². The molecule has 7 heteroatoms. The molecule has 24 heavy (non-hydrogen) atoms. The first-order valence-electron chi connectivity index (χ1n) is 8.17. The minimum atomic E-state index is -0.808. The Morgan fingerprint density at radius 1 is 1.17 bits per heavy atom. The lowest BCUT2D eigenvalue weighted by Crippen LogP contribution is -2.47. The number of urea groups is 1. The van der Waals surface area contributed by atoms with E-state index in [1.807, 2.05) is 19.1 Å². The van der Waals surface area contributed by atoms with Crippen LogP contribution in [0.3, 0.4) is 0 Å². The van der Waals surface area contributed by atoms with E-state index in [4.69, 9.17) is 23.2 Å². The summed E-state index contributed by atoms with van der Waals surface area (Å²) >= 11 is 11.8. The molecule has 1 atom stereocenters. The number of anilines is 1. The van der Waals surface area contributed by atoms with Crippen molar-refractivity contribution in [3.63, 3.8) is 0 Å². The summed E-state index contributed by atoms with van der Waals surface area (Å²) in [5, 5.41) is 2.91. The molecule has 1 saturated heterocycles. The summed E-state index contributed by atoms with van der Waals surface area (Å²) in [6, 6.07) is 5.89. The summed E-state index contributed by atoms with van der Waals surface area (Å²) < 4.78 is 0. The molecule has 3 amide bonds. The first-order chi connectivity index (χ1) is 11.5. The molecule has 5 nitrogen and oxygen atoms in total. The van der Waals surface area contributed by atoms with Gasteiger partial charge in [0, 0.05) is 49.9 Å². The predicted octanol–water partition coefficient (Wildman–Crippen LogP) is 2.38. The number of alkyl halides is 2. The van der Waals surface area contributed by atoms with Crippen molar-refractivity contribution < 1.29 is 9.59 Å². The maximum Gasteiger partial charge on any atom is 0.325 e. The van der Waals surface area contributed by atoms with E-state index in [9.17, 15) is 9.59 Å². The first-order valence-corrected chi connectivity index (χ1v) is 9.24. The molecule has 2 aliphatic rings. The molecule has 1 aliphatic heterocycles. The van der Waals surface area contributed by atoms with Gasteiger partial charge in [-0.1, -0.05) is 6.07 Å². The molecule has 1 fully saturated rings. The van der Waals surface area contributed by atoms with E-state index in [1.54, 1.807) is 0 Å². The third kappa shape index (κ3) is 2.84. The van der Waals surface area contributed by atoms with Crippen molar-refractivity contribution in [3.8, 4) is 0 Å². The minimum absolute atomic E-state index is 0.119. The molecular weight excluding hydrogens is 349 g/mol. The second-order valence-electron chi connectivity index (χ2n) is 6.23. The number of carbonyl (C=O) groups is 2. The number of halogens is 2. The van der Waals surface area contributed by atoms with Crippen molar-refractivity contribution >= 4 is 40.8 Å². The number of nitrogens with one attached hydrogen (secondary N) is 1. The number of benzene rings is 1. The molecule has 1 unspecified atom stereocenters. The molecule has 0 bridgehead atoms. The normalized spacial score (nSPS) is 22.2. The quantitative estimate of drug-likeness (QED) is 0.618. The Labute approximate surface area is 151 Å². The zero-order valence-corrected chi connectivity index (χ0v) is 15.2. The second kappa shape index (κ2) is 6.81. The average molecular weight is 370 g/mol. The van der Waals surface area contributed by atoms with Gasteiger partial charge in [-0.05, 0) is 30.2 Å². The first kappa shape index (κ1) is 17.4. The Kier molecular flexibility index (Phi) is 4.92. The molecule has 130 valence electrons. The van der Waals surface area contributed by atoms with Gasteiger partial charge in [-0.2, -0.15) is 0 Å². The fraction of sp³-hybridized carbons (Fsp3) is 0.529. The van der Waals surface area contributed by atoms with Gasteiger partial charge in [-0.3, -0.25) is 9.69 Å². The summed E-state index contributed by atoms with van der Waals surface area (Å²) in [7, 11) is 0. The number of rotatable bonds is 6. The van der Waals surface area contributed by atoms with E-state index in [0.717, 1.165) is 29.9 Å². The molecule has 1 spiro atoms. The molecule has 1 heterocycles. The van der Waals surface area contributed by atoms with Crippen molar-refractivity contribution in [2.45, 2.75) is 25.3 Å². The van der Waals surface area contributed by atoms with E-state index < -0.39 is 5.54 Å². The van der Waals surface area contributed by atoms with Crippen molar-refractivity contribution in [3.05, 3.63) is 29.3 Å². The smallest absolute Gasteiger partial charge is 0.325 e. The molecule has 1 aromatic rings. The highest BCUT2D eigenvalue weighted by Crippen LogP contribution is 2.36. The molecule has 1 aromatic carbocycles. The number of nitrogens with zero attached hydrogens (tertiary/aromatic N) is 2. The van der Waals surface area contributed by atoms with Crippen LogP contribution in [0, 0.1) is 0 Å². The molecule has 0 aromatic heterocycles. The number of imide groups is 1. The summed E-state index contributed by atoms with van der Waals surface area (Å²) in [5.74, 6) is 0.932. The summed E-state index contributed by atoms with van der Waals surface area (Å²) in [5.41, 5.74) is 2.46. The molecule has 1 aliphatic carbocycles. The third-order valence-electron chi connectivity index (χ3n) is 4.81. The van der Waals surface area contributed by atoms with Crippen LogP contribution >= 0.6 is 23.2 Å². The van der Waals surface area contributed by atoms with Crippen LogP contribution in [0.2, 0.25) is 0 Å². The van der Waals surface area contributed by atoms with E-state index in [-0.39, 0.29) is 11.9 Å². The number of amides is 3. The maximum absolute atomic E-state index is 12.7. The lowest BCUT2D eigenvalue weighted by Gasteiger charge is -2.23. The number of fused-ring (bicyclic) bond motifs is 1. The monoisotopic (exact) mass is 369 g/mol. The second-order valence-corrected chi connectivity index (χ2v) is 6.99. The van der Waals surface area contributed by atoms with Crippen LogP contribution in [0.1, 0.15) is 18.1 Å². The number of hydrogen-bond acceptors (Lipinski definition) is 3.